The summed E-state index contributed by atoms with van der Waals surface area (Å²) in [5.74, 6) is -0.382. The van der Waals surface area contributed by atoms with Gasteiger partial charge in [-0.1, -0.05) is 129 Å². The van der Waals surface area contributed by atoms with E-state index in [1.165, 1.54) is 89.9 Å². The maximum Gasteiger partial charge on any atom is 2.00 e. The minimum absolute atomic E-state index is 0. The standard InChI is InChI=1S/2C12H26O3S.Ba/c2*1-2-3-4-5-6-7-8-9-10-11-12-16(13,14)15;/h2*2-12H2,1H3,(H,13,14,15);/q;;+2/p-2. The van der Waals surface area contributed by atoms with Crippen molar-refractivity contribution in [2.45, 2.75) is 142 Å². The Morgan fingerprint density at radius 3 is 0.758 bits per heavy atom. The van der Waals surface area contributed by atoms with Gasteiger partial charge >= 0.3 is 48.9 Å². The molecule has 0 rings (SSSR count). The van der Waals surface area contributed by atoms with Crippen molar-refractivity contribution in [1.82, 2.24) is 0 Å². The van der Waals surface area contributed by atoms with Gasteiger partial charge in [-0.2, -0.15) is 0 Å². The summed E-state index contributed by atoms with van der Waals surface area (Å²) in [6.07, 6.45) is 22.9. The molecule has 0 aromatic heterocycles. The summed E-state index contributed by atoms with van der Waals surface area (Å²) in [4.78, 5) is 0. The van der Waals surface area contributed by atoms with E-state index in [9.17, 15) is 25.9 Å². The zero-order valence-corrected chi connectivity index (χ0v) is 27.6. The van der Waals surface area contributed by atoms with E-state index >= 15 is 0 Å². The van der Waals surface area contributed by atoms with Gasteiger partial charge in [-0.15, -0.1) is 0 Å². The zero-order chi connectivity index (χ0) is 24.6. The Morgan fingerprint density at radius 1 is 0.394 bits per heavy atom. The van der Waals surface area contributed by atoms with E-state index in [-0.39, 0.29) is 60.4 Å². The van der Waals surface area contributed by atoms with Crippen LogP contribution in [0.2, 0.25) is 0 Å². The molecule has 9 heteroatoms. The fourth-order valence-electron chi connectivity index (χ4n) is 3.53. The summed E-state index contributed by atoms with van der Waals surface area (Å²) in [5, 5.41) is 0. The predicted octanol–water partition coefficient (Wildman–Crippen LogP) is 6.52. The van der Waals surface area contributed by atoms with Gasteiger partial charge in [0.25, 0.3) is 0 Å². The van der Waals surface area contributed by atoms with Gasteiger partial charge in [-0.3, -0.25) is 0 Å². The maximum absolute atomic E-state index is 10.3. The fraction of sp³-hybridized carbons (Fsp3) is 1.00. The Labute approximate surface area is 246 Å². The molecule has 0 aromatic rings. The first-order chi connectivity index (χ1) is 15.1. The quantitative estimate of drug-likeness (QED) is 0.0760. The van der Waals surface area contributed by atoms with Gasteiger partial charge in [0.15, 0.2) is 0 Å². The molecule has 0 bridgehead atoms. The second-order valence-electron chi connectivity index (χ2n) is 8.89. The van der Waals surface area contributed by atoms with Gasteiger partial charge in [0.05, 0.1) is 20.2 Å². The second kappa shape index (κ2) is 28.0. The molecule has 0 aliphatic rings. The third-order valence-electron chi connectivity index (χ3n) is 5.50. The molecule has 0 saturated carbocycles. The van der Waals surface area contributed by atoms with Crippen LogP contribution in [-0.2, 0) is 20.2 Å². The molecule has 0 aromatic carbocycles. The Kier molecular flexibility index (Phi) is 33.0. The Bertz CT molecular complexity index is 528. The SMILES string of the molecule is CCCCCCCCCCCCS(=O)(=O)[O-].CCCCCCCCCCCCS(=O)(=O)[O-].[Ba+2]. The minimum Gasteiger partial charge on any atom is -0.748 e. The molecule has 0 unspecified atom stereocenters. The third kappa shape index (κ3) is 43.9. The third-order valence-corrected chi connectivity index (χ3v) is 7.07. The predicted molar refractivity (Wildman–Crippen MR) is 139 cm³/mol. The van der Waals surface area contributed by atoms with Crippen LogP contribution in [0.25, 0.3) is 0 Å². The summed E-state index contributed by atoms with van der Waals surface area (Å²) in [6, 6.07) is 0. The molecule has 0 radical (unpaired) electrons. The summed E-state index contributed by atoms with van der Waals surface area (Å²) in [7, 11) is -7.96. The largest absolute Gasteiger partial charge is 2.00 e. The van der Waals surface area contributed by atoms with Gasteiger partial charge in [-0.05, 0) is 12.8 Å². The van der Waals surface area contributed by atoms with Crippen molar-refractivity contribution in [3.63, 3.8) is 0 Å². The van der Waals surface area contributed by atoms with Crippen molar-refractivity contribution in [1.29, 1.82) is 0 Å². The minimum atomic E-state index is -3.98. The van der Waals surface area contributed by atoms with Crippen molar-refractivity contribution in [2.24, 2.45) is 0 Å². The van der Waals surface area contributed by atoms with Gasteiger partial charge in [0, 0.05) is 11.5 Å². The molecule has 0 heterocycles. The Hall–Kier alpha value is 1.39. The summed E-state index contributed by atoms with van der Waals surface area (Å²) >= 11 is 0. The summed E-state index contributed by atoms with van der Waals surface area (Å²) in [6.45, 7) is 4.42. The van der Waals surface area contributed by atoms with Crippen LogP contribution in [0, 0.1) is 0 Å². The van der Waals surface area contributed by atoms with Crippen LogP contribution in [0.1, 0.15) is 142 Å². The van der Waals surface area contributed by atoms with Crippen molar-refractivity contribution in [3.8, 4) is 0 Å². The summed E-state index contributed by atoms with van der Waals surface area (Å²) in [5.41, 5.74) is 0. The molecular formula is C24H50BaO6S2. The van der Waals surface area contributed by atoms with E-state index in [1.807, 2.05) is 0 Å². The van der Waals surface area contributed by atoms with Crippen LogP contribution in [0.3, 0.4) is 0 Å². The van der Waals surface area contributed by atoms with Crippen molar-refractivity contribution in [3.05, 3.63) is 0 Å². The van der Waals surface area contributed by atoms with Crippen LogP contribution in [-0.4, -0.2) is 86.3 Å². The van der Waals surface area contributed by atoms with E-state index < -0.39 is 20.2 Å². The molecule has 0 atom stereocenters. The van der Waals surface area contributed by atoms with E-state index in [4.69, 9.17) is 0 Å². The van der Waals surface area contributed by atoms with Crippen molar-refractivity contribution < 1.29 is 25.9 Å². The first kappa shape index (κ1) is 38.9. The van der Waals surface area contributed by atoms with Crippen LogP contribution >= 0.6 is 0 Å². The molecular weight excluding hydrogens is 586 g/mol. The Balaban J connectivity index is -0.000000529. The van der Waals surface area contributed by atoms with Crippen LogP contribution in [0.5, 0.6) is 0 Å². The number of hydrogen-bond donors (Lipinski definition) is 0. The van der Waals surface area contributed by atoms with Crippen LogP contribution in [0.15, 0.2) is 0 Å². The van der Waals surface area contributed by atoms with Gasteiger partial charge < -0.3 is 9.11 Å². The monoisotopic (exact) mass is 636 g/mol. The molecule has 196 valence electrons. The van der Waals surface area contributed by atoms with Crippen LogP contribution < -0.4 is 0 Å². The molecule has 0 amide bonds. The first-order valence-electron chi connectivity index (χ1n) is 13.0. The molecule has 0 aliphatic carbocycles. The van der Waals surface area contributed by atoms with E-state index in [2.05, 4.69) is 13.8 Å². The average molecular weight is 636 g/mol. The van der Waals surface area contributed by atoms with Gasteiger partial charge in [0.2, 0.25) is 0 Å². The maximum atomic E-state index is 10.3. The van der Waals surface area contributed by atoms with E-state index in [0.717, 1.165) is 25.7 Å². The fourth-order valence-corrected chi connectivity index (χ4v) is 4.65. The number of hydrogen-bond acceptors (Lipinski definition) is 6. The van der Waals surface area contributed by atoms with Gasteiger partial charge in [-0.25, -0.2) is 16.8 Å². The molecule has 33 heavy (non-hydrogen) atoms. The summed E-state index contributed by atoms with van der Waals surface area (Å²) < 4.78 is 61.9. The number of rotatable bonds is 22. The van der Waals surface area contributed by atoms with Crippen molar-refractivity contribution >= 4 is 69.1 Å². The van der Waals surface area contributed by atoms with Crippen LogP contribution in [0.4, 0.5) is 0 Å². The molecule has 0 saturated heterocycles. The van der Waals surface area contributed by atoms with E-state index in [0.29, 0.717) is 12.8 Å². The molecule has 6 nitrogen and oxygen atoms in total. The Morgan fingerprint density at radius 2 is 0.576 bits per heavy atom. The molecule has 0 N–H and O–H groups in total. The van der Waals surface area contributed by atoms with Gasteiger partial charge in [0.1, 0.15) is 0 Å². The normalized spacial score (nSPS) is 11.5. The van der Waals surface area contributed by atoms with E-state index in [1.54, 1.807) is 0 Å². The van der Waals surface area contributed by atoms with Crippen molar-refractivity contribution in [2.75, 3.05) is 11.5 Å². The molecule has 0 aliphatic heterocycles. The smallest absolute Gasteiger partial charge is 0.748 e. The zero-order valence-electron chi connectivity index (χ0n) is 21.5. The number of unbranched alkanes of at least 4 members (excludes halogenated alkanes) is 18. The first-order valence-corrected chi connectivity index (χ1v) is 16.1. The molecule has 0 fully saturated rings. The molecule has 0 spiro atoms. The average Bonchev–Trinajstić information content (AvgIpc) is 2.70. The topological polar surface area (TPSA) is 114 Å². The second-order valence-corrected chi connectivity index (χ2v) is 11.9.